The molecule has 0 radical (unpaired) electrons. The number of anilines is 2. The van der Waals surface area contributed by atoms with Crippen molar-refractivity contribution in [2.45, 2.75) is 6.54 Å². The smallest absolute Gasteiger partial charge is 0.151 e. The van der Waals surface area contributed by atoms with Gasteiger partial charge in [-0.3, -0.25) is 4.90 Å². The molecule has 1 aliphatic rings. The molecular weight excluding hydrogens is 292 g/mol. The third-order valence-corrected chi connectivity index (χ3v) is 4.71. The van der Waals surface area contributed by atoms with Crippen LogP contribution in [0.4, 0.5) is 11.5 Å². The fraction of sp³-hybridized carbons (Fsp3) is 0.357. The minimum atomic E-state index is 0.756. The summed E-state index contributed by atoms with van der Waals surface area (Å²) in [7, 11) is 0. The van der Waals surface area contributed by atoms with Crippen molar-refractivity contribution in [3.63, 3.8) is 0 Å². The molecule has 2 N–H and O–H groups in total. The molecule has 1 fully saturated rings. The van der Waals surface area contributed by atoms with Crippen molar-refractivity contribution in [3.05, 3.63) is 39.7 Å². The topological polar surface area (TPSA) is 45.4 Å². The molecule has 0 unspecified atom stereocenters. The SMILES string of the molecule is Nc1cccnc1N1CCN(Cc2ccc(Cl)s2)CC1. The Balaban J connectivity index is 1.58. The lowest BCUT2D eigenvalue weighted by Crippen LogP contribution is -2.46. The second kappa shape index (κ2) is 5.99. The van der Waals surface area contributed by atoms with Crippen molar-refractivity contribution >= 4 is 34.4 Å². The Morgan fingerprint density at radius 1 is 1.20 bits per heavy atom. The van der Waals surface area contributed by atoms with Crippen LogP contribution in [0.2, 0.25) is 4.34 Å². The Morgan fingerprint density at radius 3 is 2.65 bits per heavy atom. The number of hydrogen-bond donors (Lipinski definition) is 1. The Kier molecular flexibility index (Phi) is 4.10. The second-order valence-electron chi connectivity index (χ2n) is 4.89. The van der Waals surface area contributed by atoms with Gasteiger partial charge < -0.3 is 10.6 Å². The van der Waals surface area contributed by atoms with Gasteiger partial charge in [0.15, 0.2) is 5.82 Å². The monoisotopic (exact) mass is 308 g/mol. The number of nitrogen functional groups attached to an aromatic ring is 1. The average molecular weight is 309 g/mol. The average Bonchev–Trinajstić information content (AvgIpc) is 2.86. The summed E-state index contributed by atoms with van der Waals surface area (Å²) in [4.78, 5) is 10.4. The largest absolute Gasteiger partial charge is 0.396 e. The van der Waals surface area contributed by atoms with Crippen molar-refractivity contribution in [2.75, 3.05) is 36.8 Å². The van der Waals surface area contributed by atoms with Gasteiger partial charge in [0.1, 0.15) is 0 Å². The molecule has 0 aromatic carbocycles. The van der Waals surface area contributed by atoms with Crippen molar-refractivity contribution < 1.29 is 0 Å². The molecule has 1 saturated heterocycles. The predicted octanol–water partition coefficient (Wildman–Crippen LogP) is 2.70. The summed E-state index contributed by atoms with van der Waals surface area (Å²) >= 11 is 7.63. The van der Waals surface area contributed by atoms with Gasteiger partial charge in [-0.1, -0.05) is 11.6 Å². The molecule has 0 aliphatic carbocycles. The molecular formula is C14H17ClN4S. The van der Waals surface area contributed by atoms with E-state index in [9.17, 15) is 0 Å². The minimum Gasteiger partial charge on any atom is -0.396 e. The number of rotatable bonds is 3. The van der Waals surface area contributed by atoms with Gasteiger partial charge in [0.05, 0.1) is 10.0 Å². The summed E-state index contributed by atoms with van der Waals surface area (Å²) in [5, 5.41) is 0. The van der Waals surface area contributed by atoms with Crippen LogP contribution in [-0.2, 0) is 6.54 Å². The maximum atomic E-state index is 5.98. The third-order valence-electron chi connectivity index (χ3n) is 3.50. The van der Waals surface area contributed by atoms with Crippen molar-refractivity contribution in [2.24, 2.45) is 0 Å². The van der Waals surface area contributed by atoms with Gasteiger partial charge in [0.2, 0.25) is 0 Å². The lowest BCUT2D eigenvalue weighted by Gasteiger charge is -2.35. The highest BCUT2D eigenvalue weighted by Gasteiger charge is 2.19. The highest BCUT2D eigenvalue weighted by atomic mass is 35.5. The summed E-state index contributed by atoms with van der Waals surface area (Å²) in [5.41, 5.74) is 6.74. The maximum Gasteiger partial charge on any atom is 0.151 e. The zero-order chi connectivity index (χ0) is 13.9. The predicted molar refractivity (Wildman–Crippen MR) is 85.5 cm³/mol. The van der Waals surface area contributed by atoms with Crippen LogP contribution in [0.25, 0.3) is 0 Å². The summed E-state index contributed by atoms with van der Waals surface area (Å²) in [5.74, 6) is 0.909. The summed E-state index contributed by atoms with van der Waals surface area (Å²) in [6.07, 6.45) is 1.80. The van der Waals surface area contributed by atoms with Gasteiger partial charge in [0.25, 0.3) is 0 Å². The van der Waals surface area contributed by atoms with Gasteiger partial charge in [-0.05, 0) is 24.3 Å². The van der Waals surface area contributed by atoms with E-state index in [2.05, 4.69) is 20.9 Å². The van der Waals surface area contributed by atoms with Crippen molar-refractivity contribution in [1.82, 2.24) is 9.88 Å². The van der Waals surface area contributed by atoms with E-state index in [0.29, 0.717) is 0 Å². The molecule has 2 aromatic rings. The molecule has 4 nitrogen and oxygen atoms in total. The van der Waals surface area contributed by atoms with E-state index in [0.717, 1.165) is 48.6 Å². The number of nitrogens with two attached hydrogens (primary N) is 1. The molecule has 106 valence electrons. The number of halogens is 1. The van der Waals surface area contributed by atoms with Crippen LogP contribution in [0.15, 0.2) is 30.5 Å². The molecule has 1 aliphatic heterocycles. The van der Waals surface area contributed by atoms with Crippen molar-refractivity contribution in [3.8, 4) is 0 Å². The van der Waals surface area contributed by atoms with Gasteiger partial charge in [-0.2, -0.15) is 0 Å². The van der Waals surface area contributed by atoms with E-state index in [1.807, 2.05) is 18.2 Å². The zero-order valence-electron chi connectivity index (χ0n) is 11.1. The first-order valence-electron chi connectivity index (χ1n) is 6.64. The van der Waals surface area contributed by atoms with Crippen LogP contribution in [-0.4, -0.2) is 36.1 Å². The first kappa shape index (κ1) is 13.7. The fourth-order valence-electron chi connectivity index (χ4n) is 2.45. The highest BCUT2D eigenvalue weighted by Crippen LogP contribution is 2.24. The molecule has 3 heterocycles. The van der Waals surface area contributed by atoms with Crippen LogP contribution in [0.3, 0.4) is 0 Å². The summed E-state index contributed by atoms with van der Waals surface area (Å²) in [6, 6.07) is 7.85. The molecule has 0 amide bonds. The van der Waals surface area contributed by atoms with Gasteiger partial charge in [0, 0.05) is 43.8 Å². The Hall–Kier alpha value is -1.30. The number of piperazine rings is 1. The maximum absolute atomic E-state index is 5.98. The zero-order valence-corrected chi connectivity index (χ0v) is 12.7. The number of pyridine rings is 1. The number of nitrogens with zero attached hydrogens (tertiary/aromatic N) is 3. The highest BCUT2D eigenvalue weighted by molar-refractivity contribution is 7.16. The number of thiophene rings is 1. The van der Waals surface area contributed by atoms with Crippen LogP contribution in [0.5, 0.6) is 0 Å². The van der Waals surface area contributed by atoms with E-state index < -0.39 is 0 Å². The lowest BCUT2D eigenvalue weighted by atomic mass is 10.2. The standard InChI is InChI=1S/C14H17ClN4S/c15-13-4-3-11(20-13)10-18-6-8-19(9-7-18)14-12(16)2-1-5-17-14/h1-5H,6-10,16H2. The first-order chi connectivity index (χ1) is 9.72. The van der Waals surface area contributed by atoms with E-state index in [-0.39, 0.29) is 0 Å². The number of hydrogen-bond acceptors (Lipinski definition) is 5. The second-order valence-corrected chi connectivity index (χ2v) is 6.68. The summed E-state index contributed by atoms with van der Waals surface area (Å²) in [6.45, 7) is 4.93. The Bertz CT molecular complexity index is 578. The molecule has 20 heavy (non-hydrogen) atoms. The molecule has 0 atom stereocenters. The van der Waals surface area contributed by atoms with Gasteiger partial charge in [-0.25, -0.2) is 4.98 Å². The molecule has 0 bridgehead atoms. The van der Waals surface area contributed by atoms with Crippen LogP contribution in [0, 0.1) is 0 Å². The summed E-state index contributed by atoms with van der Waals surface area (Å²) < 4.78 is 0.861. The minimum absolute atomic E-state index is 0.756. The molecule has 2 aromatic heterocycles. The third kappa shape index (κ3) is 3.06. The molecule has 0 saturated carbocycles. The van der Waals surface area contributed by atoms with Crippen LogP contribution < -0.4 is 10.6 Å². The molecule has 3 rings (SSSR count). The lowest BCUT2D eigenvalue weighted by molar-refractivity contribution is 0.251. The Morgan fingerprint density at radius 2 is 2.00 bits per heavy atom. The van der Waals surface area contributed by atoms with E-state index in [4.69, 9.17) is 17.3 Å². The van der Waals surface area contributed by atoms with Crippen molar-refractivity contribution in [1.29, 1.82) is 0 Å². The van der Waals surface area contributed by atoms with E-state index in [1.165, 1.54) is 4.88 Å². The van der Waals surface area contributed by atoms with Gasteiger partial charge in [-0.15, -0.1) is 11.3 Å². The Labute approximate surface area is 127 Å². The number of aromatic nitrogens is 1. The van der Waals surface area contributed by atoms with E-state index >= 15 is 0 Å². The molecule has 6 heteroatoms. The fourth-order valence-corrected chi connectivity index (χ4v) is 3.58. The molecule has 0 spiro atoms. The quantitative estimate of drug-likeness (QED) is 0.947. The normalized spacial score (nSPS) is 16.6. The first-order valence-corrected chi connectivity index (χ1v) is 7.84. The van der Waals surface area contributed by atoms with Gasteiger partial charge >= 0.3 is 0 Å². The van der Waals surface area contributed by atoms with Crippen LogP contribution >= 0.6 is 22.9 Å². The van der Waals surface area contributed by atoms with E-state index in [1.54, 1.807) is 17.5 Å². The van der Waals surface area contributed by atoms with Crippen LogP contribution in [0.1, 0.15) is 4.88 Å².